The summed E-state index contributed by atoms with van der Waals surface area (Å²) in [5.74, 6) is -0.320. The zero-order valence-electron chi connectivity index (χ0n) is 12.6. The lowest BCUT2D eigenvalue weighted by Crippen LogP contribution is -2.30. The fraction of sp³-hybridized carbons (Fsp3) is 0.235. The second-order valence-corrected chi connectivity index (χ2v) is 4.85. The standard InChI is InChI=1S/C17H19FN2O3/c18-14-8-4-9-15(23-12-13-6-2-1-3-7-13)16(14)20-17(22)19-10-5-11-21/h1-4,6-9,21H,5,10-12H2,(H2,19,20,22). The Morgan fingerprint density at radius 2 is 1.91 bits per heavy atom. The highest BCUT2D eigenvalue weighted by Gasteiger charge is 2.13. The number of ether oxygens (including phenoxy) is 1. The maximum atomic E-state index is 14.0. The number of carbonyl (C=O) groups is 1. The van der Waals surface area contributed by atoms with Crippen LogP contribution in [0.3, 0.4) is 0 Å². The number of amides is 2. The molecule has 0 atom stereocenters. The van der Waals surface area contributed by atoms with Crippen molar-refractivity contribution in [2.75, 3.05) is 18.5 Å². The van der Waals surface area contributed by atoms with Gasteiger partial charge in [-0.2, -0.15) is 0 Å². The van der Waals surface area contributed by atoms with Gasteiger partial charge in [-0.15, -0.1) is 0 Å². The number of aliphatic hydroxyl groups excluding tert-OH is 1. The van der Waals surface area contributed by atoms with Gasteiger partial charge in [0.2, 0.25) is 0 Å². The van der Waals surface area contributed by atoms with Gasteiger partial charge < -0.3 is 20.5 Å². The molecule has 5 nitrogen and oxygen atoms in total. The number of halogens is 1. The summed E-state index contributed by atoms with van der Waals surface area (Å²) in [7, 11) is 0. The first-order chi connectivity index (χ1) is 11.2. The molecular formula is C17H19FN2O3. The molecule has 0 saturated carbocycles. The molecule has 0 bridgehead atoms. The molecule has 2 aromatic rings. The maximum Gasteiger partial charge on any atom is 0.319 e. The van der Waals surface area contributed by atoms with Gasteiger partial charge in [-0.05, 0) is 24.1 Å². The second-order valence-electron chi connectivity index (χ2n) is 4.85. The van der Waals surface area contributed by atoms with E-state index in [4.69, 9.17) is 9.84 Å². The summed E-state index contributed by atoms with van der Waals surface area (Å²) in [4.78, 5) is 11.7. The average Bonchev–Trinajstić information content (AvgIpc) is 2.56. The third kappa shape index (κ3) is 5.27. The molecule has 0 radical (unpaired) electrons. The van der Waals surface area contributed by atoms with E-state index in [-0.39, 0.29) is 24.7 Å². The summed E-state index contributed by atoms with van der Waals surface area (Å²) >= 11 is 0. The SMILES string of the molecule is O=C(NCCCO)Nc1c(F)cccc1OCc1ccccc1. The number of carbonyl (C=O) groups excluding carboxylic acids is 1. The maximum absolute atomic E-state index is 14.0. The van der Waals surface area contributed by atoms with Crippen LogP contribution < -0.4 is 15.4 Å². The Kier molecular flexibility index (Phi) is 6.38. The zero-order valence-corrected chi connectivity index (χ0v) is 12.6. The minimum Gasteiger partial charge on any atom is -0.487 e. The highest BCUT2D eigenvalue weighted by atomic mass is 19.1. The van der Waals surface area contributed by atoms with Crippen LogP contribution in [0.2, 0.25) is 0 Å². The van der Waals surface area contributed by atoms with Gasteiger partial charge in [-0.3, -0.25) is 0 Å². The molecule has 0 saturated heterocycles. The monoisotopic (exact) mass is 318 g/mol. The second kappa shape index (κ2) is 8.75. The van der Waals surface area contributed by atoms with Gasteiger partial charge in [0.1, 0.15) is 18.0 Å². The Balaban J connectivity index is 2.02. The minimum atomic E-state index is -0.576. The van der Waals surface area contributed by atoms with Crippen LogP contribution in [0, 0.1) is 5.82 Å². The first kappa shape index (κ1) is 16.8. The Hall–Kier alpha value is -2.60. The smallest absolute Gasteiger partial charge is 0.319 e. The molecule has 2 rings (SSSR count). The van der Waals surface area contributed by atoms with E-state index in [1.807, 2.05) is 30.3 Å². The van der Waals surface area contributed by atoms with Crippen molar-refractivity contribution in [1.82, 2.24) is 5.32 Å². The van der Waals surface area contributed by atoms with Crippen LogP contribution in [0.1, 0.15) is 12.0 Å². The predicted octanol–water partition coefficient (Wildman–Crippen LogP) is 2.91. The van der Waals surface area contributed by atoms with Crippen molar-refractivity contribution in [3.63, 3.8) is 0 Å². The van der Waals surface area contributed by atoms with Crippen molar-refractivity contribution < 1.29 is 19.0 Å². The summed E-state index contributed by atoms with van der Waals surface area (Å²) in [6.45, 7) is 0.549. The summed E-state index contributed by atoms with van der Waals surface area (Å²) in [5.41, 5.74) is 0.931. The molecule has 0 aromatic heterocycles. The van der Waals surface area contributed by atoms with E-state index in [9.17, 15) is 9.18 Å². The Labute approximate surface area is 134 Å². The van der Waals surface area contributed by atoms with Gasteiger partial charge in [0.15, 0.2) is 5.82 Å². The molecule has 0 aliphatic heterocycles. The first-order valence-corrected chi connectivity index (χ1v) is 7.31. The van der Waals surface area contributed by atoms with Crippen LogP contribution in [-0.2, 0) is 6.61 Å². The van der Waals surface area contributed by atoms with Crippen LogP contribution in [0.4, 0.5) is 14.9 Å². The highest BCUT2D eigenvalue weighted by Crippen LogP contribution is 2.28. The zero-order chi connectivity index (χ0) is 16.5. The third-order valence-corrected chi connectivity index (χ3v) is 3.07. The molecule has 0 unspecified atom stereocenters. The highest BCUT2D eigenvalue weighted by molar-refractivity contribution is 5.91. The summed E-state index contributed by atoms with van der Waals surface area (Å²) in [6, 6.07) is 13.3. The van der Waals surface area contributed by atoms with E-state index in [1.54, 1.807) is 6.07 Å². The number of benzene rings is 2. The summed E-state index contributed by atoms with van der Waals surface area (Å²) < 4.78 is 19.6. The molecule has 6 heteroatoms. The first-order valence-electron chi connectivity index (χ1n) is 7.31. The Morgan fingerprint density at radius 1 is 1.13 bits per heavy atom. The van der Waals surface area contributed by atoms with Crippen LogP contribution in [-0.4, -0.2) is 24.3 Å². The number of urea groups is 1. The predicted molar refractivity (Wildman–Crippen MR) is 85.9 cm³/mol. The molecule has 23 heavy (non-hydrogen) atoms. The van der Waals surface area contributed by atoms with E-state index < -0.39 is 11.8 Å². The van der Waals surface area contributed by atoms with Crippen LogP contribution in [0.15, 0.2) is 48.5 Å². The van der Waals surface area contributed by atoms with Crippen LogP contribution >= 0.6 is 0 Å². The number of para-hydroxylation sites is 1. The number of anilines is 1. The van der Waals surface area contributed by atoms with Crippen molar-refractivity contribution in [3.8, 4) is 5.75 Å². The van der Waals surface area contributed by atoms with Crippen molar-refractivity contribution >= 4 is 11.7 Å². The van der Waals surface area contributed by atoms with Crippen molar-refractivity contribution in [2.24, 2.45) is 0 Å². The van der Waals surface area contributed by atoms with Gasteiger partial charge in [0.05, 0.1) is 0 Å². The Morgan fingerprint density at radius 3 is 2.65 bits per heavy atom. The van der Waals surface area contributed by atoms with Crippen molar-refractivity contribution in [3.05, 3.63) is 59.9 Å². The Bertz CT molecular complexity index is 635. The van der Waals surface area contributed by atoms with Crippen molar-refractivity contribution in [1.29, 1.82) is 0 Å². The van der Waals surface area contributed by atoms with Gasteiger partial charge in [0.25, 0.3) is 0 Å². The van der Waals surface area contributed by atoms with E-state index in [2.05, 4.69) is 10.6 Å². The molecule has 0 heterocycles. The molecule has 3 N–H and O–H groups in total. The number of rotatable bonds is 7. The largest absolute Gasteiger partial charge is 0.487 e. The fourth-order valence-corrected chi connectivity index (χ4v) is 1.92. The van der Waals surface area contributed by atoms with E-state index >= 15 is 0 Å². The third-order valence-electron chi connectivity index (χ3n) is 3.07. The number of nitrogens with one attached hydrogen (secondary N) is 2. The quantitative estimate of drug-likeness (QED) is 0.688. The summed E-state index contributed by atoms with van der Waals surface area (Å²) in [5, 5.41) is 13.7. The van der Waals surface area contributed by atoms with Gasteiger partial charge in [-0.1, -0.05) is 36.4 Å². The van der Waals surface area contributed by atoms with E-state index in [1.165, 1.54) is 12.1 Å². The van der Waals surface area contributed by atoms with E-state index in [0.717, 1.165) is 5.56 Å². The van der Waals surface area contributed by atoms with Crippen molar-refractivity contribution in [2.45, 2.75) is 13.0 Å². The molecule has 0 aliphatic carbocycles. The number of hydrogen-bond acceptors (Lipinski definition) is 3. The number of aliphatic hydroxyl groups is 1. The molecule has 2 amide bonds. The summed E-state index contributed by atoms with van der Waals surface area (Å²) in [6.07, 6.45) is 0.433. The molecule has 122 valence electrons. The lowest BCUT2D eigenvalue weighted by molar-refractivity contribution is 0.248. The molecule has 0 fully saturated rings. The minimum absolute atomic E-state index is 0.00932. The van der Waals surface area contributed by atoms with Gasteiger partial charge in [-0.25, -0.2) is 9.18 Å². The topological polar surface area (TPSA) is 70.6 Å². The van der Waals surface area contributed by atoms with E-state index in [0.29, 0.717) is 13.0 Å². The molecular weight excluding hydrogens is 299 g/mol. The van der Waals surface area contributed by atoms with Gasteiger partial charge in [0, 0.05) is 13.2 Å². The van der Waals surface area contributed by atoms with Gasteiger partial charge >= 0.3 is 6.03 Å². The molecule has 2 aromatic carbocycles. The average molecular weight is 318 g/mol. The molecule has 0 spiro atoms. The van der Waals surface area contributed by atoms with Crippen LogP contribution in [0.25, 0.3) is 0 Å². The van der Waals surface area contributed by atoms with Crippen LogP contribution in [0.5, 0.6) is 5.75 Å². The molecule has 0 aliphatic rings. The number of hydrogen-bond donors (Lipinski definition) is 3. The lowest BCUT2D eigenvalue weighted by atomic mass is 10.2. The lowest BCUT2D eigenvalue weighted by Gasteiger charge is -2.14. The fourth-order valence-electron chi connectivity index (χ4n) is 1.92. The normalized spacial score (nSPS) is 10.2.